The van der Waals surface area contributed by atoms with Gasteiger partial charge in [-0.25, -0.2) is 4.98 Å². The van der Waals surface area contributed by atoms with E-state index in [9.17, 15) is 10.1 Å². The van der Waals surface area contributed by atoms with E-state index in [0.717, 1.165) is 5.56 Å². The van der Waals surface area contributed by atoms with Crippen LogP contribution < -0.4 is 4.74 Å². The molecule has 0 saturated heterocycles. The van der Waals surface area contributed by atoms with Crippen molar-refractivity contribution < 1.29 is 9.66 Å². The van der Waals surface area contributed by atoms with Gasteiger partial charge in [-0.3, -0.25) is 10.1 Å². The van der Waals surface area contributed by atoms with Gasteiger partial charge in [0.05, 0.1) is 4.92 Å². The minimum atomic E-state index is -0.500. The predicted octanol–water partition coefficient (Wildman–Crippen LogP) is 3.76. The molecule has 0 N–H and O–H groups in total. The fourth-order valence-corrected chi connectivity index (χ4v) is 1.83. The Morgan fingerprint density at radius 3 is 2.60 bits per heavy atom. The lowest BCUT2D eigenvalue weighted by molar-refractivity contribution is -0.385. The molecule has 2 rings (SSSR count). The number of aryl methyl sites for hydroxylation is 2. The number of halogens is 1. The molecule has 1 aromatic carbocycles. The lowest BCUT2D eigenvalue weighted by atomic mass is 10.2. The number of ether oxygens (including phenoxy) is 1. The maximum absolute atomic E-state index is 11.0. The Labute approximate surface area is 120 Å². The molecule has 7 heteroatoms. The summed E-state index contributed by atoms with van der Waals surface area (Å²) in [7, 11) is 0. The van der Waals surface area contributed by atoms with Crippen molar-refractivity contribution in [2.45, 2.75) is 20.8 Å². The van der Waals surface area contributed by atoms with Gasteiger partial charge in [-0.05, 0) is 32.4 Å². The van der Waals surface area contributed by atoms with E-state index in [1.807, 2.05) is 6.92 Å². The van der Waals surface area contributed by atoms with Crippen molar-refractivity contribution in [1.82, 2.24) is 9.97 Å². The molecule has 0 radical (unpaired) electrons. The van der Waals surface area contributed by atoms with Crippen LogP contribution in [-0.2, 0) is 0 Å². The fraction of sp³-hybridized carbons (Fsp3) is 0.231. The number of hydrogen-bond donors (Lipinski definition) is 0. The van der Waals surface area contributed by atoms with E-state index < -0.39 is 4.92 Å². The van der Waals surface area contributed by atoms with Crippen LogP contribution in [0.25, 0.3) is 0 Å². The third-order valence-electron chi connectivity index (χ3n) is 2.67. The van der Waals surface area contributed by atoms with Crippen LogP contribution in [-0.4, -0.2) is 14.9 Å². The highest BCUT2D eigenvalue weighted by Crippen LogP contribution is 2.33. The van der Waals surface area contributed by atoms with Gasteiger partial charge < -0.3 is 4.74 Å². The molecule has 0 bridgehead atoms. The molecule has 0 spiro atoms. The summed E-state index contributed by atoms with van der Waals surface area (Å²) in [5.74, 6) is 0.786. The summed E-state index contributed by atoms with van der Waals surface area (Å²) in [6, 6.07) is 4.63. The largest absolute Gasteiger partial charge is 0.431 e. The average molecular weight is 294 g/mol. The van der Waals surface area contributed by atoms with Crippen molar-refractivity contribution in [2.24, 2.45) is 0 Å². The molecule has 1 heterocycles. The van der Waals surface area contributed by atoms with E-state index in [0.29, 0.717) is 11.4 Å². The Morgan fingerprint density at radius 1 is 1.25 bits per heavy atom. The van der Waals surface area contributed by atoms with Gasteiger partial charge >= 0.3 is 5.69 Å². The molecule has 0 fully saturated rings. The molecule has 2 aromatic rings. The first-order valence-corrected chi connectivity index (χ1v) is 6.20. The second kappa shape index (κ2) is 5.42. The number of aromatic nitrogens is 2. The molecule has 0 saturated carbocycles. The van der Waals surface area contributed by atoms with E-state index in [-0.39, 0.29) is 22.5 Å². The highest BCUT2D eigenvalue weighted by Gasteiger charge is 2.18. The number of nitro benzene ring substituents is 1. The smallest absolute Gasteiger partial charge is 0.311 e. The van der Waals surface area contributed by atoms with Gasteiger partial charge in [0.1, 0.15) is 11.0 Å². The molecular weight excluding hydrogens is 282 g/mol. The SMILES string of the molecule is Cc1ccc([N+](=O)[O-])c(Oc2nc(C)nc(Cl)c2C)c1. The summed E-state index contributed by atoms with van der Waals surface area (Å²) >= 11 is 5.95. The zero-order valence-electron chi connectivity index (χ0n) is 11.2. The molecule has 0 atom stereocenters. The normalized spacial score (nSPS) is 10.4. The van der Waals surface area contributed by atoms with Crippen LogP contribution in [0.1, 0.15) is 17.0 Å². The summed E-state index contributed by atoms with van der Waals surface area (Å²) in [5, 5.41) is 11.3. The Bertz CT molecular complexity index is 689. The standard InChI is InChI=1S/C13H12ClN3O3/c1-7-4-5-10(17(18)19)11(6-7)20-13-8(2)12(14)15-9(3)16-13/h4-6H,1-3H3. The molecule has 1 aromatic heterocycles. The molecule has 104 valence electrons. The summed E-state index contributed by atoms with van der Waals surface area (Å²) in [6.45, 7) is 5.18. The Morgan fingerprint density at radius 2 is 1.95 bits per heavy atom. The third kappa shape index (κ3) is 2.85. The van der Waals surface area contributed by atoms with E-state index in [2.05, 4.69) is 9.97 Å². The fourth-order valence-electron chi connectivity index (χ4n) is 1.63. The Hall–Kier alpha value is -2.21. The average Bonchev–Trinajstić information content (AvgIpc) is 2.35. The van der Waals surface area contributed by atoms with Gasteiger partial charge in [0.15, 0.2) is 0 Å². The quantitative estimate of drug-likeness (QED) is 0.489. The Kier molecular flexibility index (Phi) is 3.85. The maximum Gasteiger partial charge on any atom is 0.311 e. The van der Waals surface area contributed by atoms with E-state index in [1.165, 1.54) is 6.07 Å². The van der Waals surface area contributed by atoms with Crippen molar-refractivity contribution in [2.75, 3.05) is 0 Å². The lowest BCUT2D eigenvalue weighted by Gasteiger charge is -2.10. The van der Waals surface area contributed by atoms with Crippen molar-refractivity contribution >= 4 is 17.3 Å². The van der Waals surface area contributed by atoms with E-state index >= 15 is 0 Å². The van der Waals surface area contributed by atoms with Crippen LogP contribution in [0.5, 0.6) is 11.6 Å². The van der Waals surface area contributed by atoms with Crippen molar-refractivity contribution in [3.05, 3.63) is 50.4 Å². The highest BCUT2D eigenvalue weighted by molar-refractivity contribution is 6.30. The number of rotatable bonds is 3. The van der Waals surface area contributed by atoms with Crippen molar-refractivity contribution in [3.8, 4) is 11.6 Å². The second-order valence-electron chi connectivity index (χ2n) is 4.32. The van der Waals surface area contributed by atoms with Crippen LogP contribution >= 0.6 is 11.6 Å². The van der Waals surface area contributed by atoms with E-state index in [4.69, 9.17) is 16.3 Å². The first-order valence-electron chi connectivity index (χ1n) is 5.82. The summed E-state index contributed by atoms with van der Waals surface area (Å²) < 4.78 is 5.57. The number of nitrogens with zero attached hydrogens (tertiary/aromatic N) is 3. The second-order valence-corrected chi connectivity index (χ2v) is 4.68. The van der Waals surface area contributed by atoms with Gasteiger partial charge in [0.2, 0.25) is 11.6 Å². The van der Waals surface area contributed by atoms with Crippen LogP contribution in [0.15, 0.2) is 18.2 Å². The van der Waals surface area contributed by atoms with Crippen LogP contribution in [0.3, 0.4) is 0 Å². The van der Waals surface area contributed by atoms with Crippen LogP contribution in [0.2, 0.25) is 5.15 Å². The monoisotopic (exact) mass is 293 g/mol. The number of benzene rings is 1. The minimum Gasteiger partial charge on any atom is -0.431 e. The summed E-state index contributed by atoms with van der Waals surface area (Å²) in [4.78, 5) is 18.6. The van der Waals surface area contributed by atoms with Crippen LogP contribution in [0.4, 0.5) is 5.69 Å². The van der Waals surface area contributed by atoms with Gasteiger partial charge in [0.25, 0.3) is 0 Å². The van der Waals surface area contributed by atoms with Gasteiger partial charge in [-0.15, -0.1) is 0 Å². The van der Waals surface area contributed by atoms with Gasteiger partial charge in [0, 0.05) is 11.6 Å². The molecule has 0 aliphatic heterocycles. The topological polar surface area (TPSA) is 78.2 Å². The zero-order chi connectivity index (χ0) is 14.9. The van der Waals surface area contributed by atoms with Gasteiger partial charge in [-0.1, -0.05) is 17.7 Å². The first kappa shape index (κ1) is 14.2. The van der Waals surface area contributed by atoms with Crippen LogP contribution in [0, 0.1) is 30.9 Å². The van der Waals surface area contributed by atoms with Crippen molar-refractivity contribution in [1.29, 1.82) is 0 Å². The van der Waals surface area contributed by atoms with E-state index in [1.54, 1.807) is 26.0 Å². The molecule has 0 aliphatic rings. The molecule has 0 unspecified atom stereocenters. The van der Waals surface area contributed by atoms with Crippen molar-refractivity contribution in [3.63, 3.8) is 0 Å². The highest BCUT2D eigenvalue weighted by atomic mass is 35.5. The predicted molar refractivity (Wildman–Crippen MR) is 74.4 cm³/mol. The maximum atomic E-state index is 11.0. The Balaban J connectivity index is 2.50. The molecule has 0 aliphatic carbocycles. The molecule has 0 amide bonds. The number of nitro groups is 1. The zero-order valence-corrected chi connectivity index (χ0v) is 11.9. The first-order chi connectivity index (χ1) is 9.38. The third-order valence-corrected chi connectivity index (χ3v) is 3.04. The molecule has 20 heavy (non-hydrogen) atoms. The van der Waals surface area contributed by atoms with Gasteiger partial charge in [-0.2, -0.15) is 4.98 Å². The number of hydrogen-bond acceptors (Lipinski definition) is 5. The molecule has 6 nitrogen and oxygen atoms in total. The summed E-state index contributed by atoms with van der Waals surface area (Å²) in [6.07, 6.45) is 0. The lowest BCUT2D eigenvalue weighted by Crippen LogP contribution is -2.00. The minimum absolute atomic E-state index is 0.123. The summed E-state index contributed by atoms with van der Waals surface area (Å²) in [5.41, 5.74) is 1.26. The molecular formula is C13H12ClN3O3.